The lowest BCUT2D eigenvalue weighted by molar-refractivity contribution is 0.0154. The lowest BCUT2D eigenvalue weighted by Crippen LogP contribution is -2.45. The first-order valence-electron chi connectivity index (χ1n) is 6.92. The fourth-order valence-corrected chi connectivity index (χ4v) is 2.29. The van der Waals surface area contributed by atoms with Gasteiger partial charge in [0.25, 0.3) is 0 Å². The molecule has 1 aliphatic rings. The van der Waals surface area contributed by atoms with Gasteiger partial charge in [-0.3, -0.25) is 4.90 Å². The van der Waals surface area contributed by atoms with E-state index in [2.05, 4.69) is 15.5 Å². The molecular weight excluding hydrogens is 294 g/mol. The highest BCUT2D eigenvalue weighted by Crippen LogP contribution is 2.14. The molecule has 7 heteroatoms. The maximum Gasteiger partial charge on any atom is 0.319 e. The molecule has 0 saturated carbocycles. The number of aliphatic hydroxyl groups excluding tert-OH is 1. The molecule has 0 bridgehead atoms. The Morgan fingerprint density at radius 1 is 1.43 bits per heavy atom. The summed E-state index contributed by atoms with van der Waals surface area (Å²) in [4.78, 5) is 13.8. The van der Waals surface area contributed by atoms with Crippen molar-refractivity contribution in [2.75, 3.05) is 44.7 Å². The van der Waals surface area contributed by atoms with Gasteiger partial charge in [0.2, 0.25) is 0 Å². The monoisotopic (exact) mass is 313 g/mol. The molecule has 3 N–H and O–H groups in total. The summed E-state index contributed by atoms with van der Waals surface area (Å²) in [5.74, 6) is 0. The molecule has 1 fully saturated rings. The van der Waals surface area contributed by atoms with Crippen molar-refractivity contribution in [3.8, 4) is 0 Å². The number of ether oxygens (including phenoxy) is 1. The van der Waals surface area contributed by atoms with Crippen molar-refractivity contribution in [3.63, 3.8) is 0 Å². The molecule has 2 amide bonds. The summed E-state index contributed by atoms with van der Waals surface area (Å²) in [5.41, 5.74) is 0.614. The molecule has 1 aromatic carbocycles. The Labute approximate surface area is 129 Å². The van der Waals surface area contributed by atoms with Crippen LogP contribution in [0.25, 0.3) is 0 Å². The van der Waals surface area contributed by atoms with Gasteiger partial charge in [-0.2, -0.15) is 0 Å². The van der Waals surface area contributed by atoms with Crippen molar-refractivity contribution < 1.29 is 14.6 Å². The number of nitrogens with zero attached hydrogens (tertiary/aromatic N) is 1. The van der Waals surface area contributed by atoms with Gasteiger partial charge in [-0.25, -0.2) is 4.79 Å². The van der Waals surface area contributed by atoms with Gasteiger partial charge >= 0.3 is 6.03 Å². The molecule has 0 unspecified atom stereocenters. The molecule has 0 aliphatic carbocycles. The lowest BCUT2D eigenvalue weighted by atomic mass is 10.3. The number of hydrogen-bond donors (Lipinski definition) is 3. The summed E-state index contributed by atoms with van der Waals surface area (Å²) in [6, 6.07) is 6.53. The second-order valence-corrected chi connectivity index (χ2v) is 5.35. The minimum atomic E-state index is -0.604. The van der Waals surface area contributed by atoms with E-state index in [9.17, 15) is 9.90 Å². The van der Waals surface area contributed by atoms with Crippen molar-refractivity contribution in [3.05, 3.63) is 29.3 Å². The van der Waals surface area contributed by atoms with E-state index in [4.69, 9.17) is 16.3 Å². The quantitative estimate of drug-likeness (QED) is 0.762. The Bertz CT molecular complexity index is 467. The van der Waals surface area contributed by atoms with Gasteiger partial charge in [0.05, 0.1) is 19.3 Å². The predicted molar refractivity (Wildman–Crippen MR) is 81.7 cm³/mol. The highest BCUT2D eigenvalue weighted by molar-refractivity contribution is 6.30. The van der Waals surface area contributed by atoms with E-state index >= 15 is 0 Å². The molecule has 0 aromatic heterocycles. The zero-order valence-electron chi connectivity index (χ0n) is 11.7. The topological polar surface area (TPSA) is 73.8 Å². The van der Waals surface area contributed by atoms with E-state index in [1.165, 1.54) is 0 Å². The van der Waals surface area contributed by atoms with Gasteiger partial charge in [0, 0.05) is 36.9 Å². The number of rotatable bonds is 5. The van der Waals surface area contributed by atoms with Crippen LogP contribution in [0.1, 0.15) is 0 Å². The van der Waals surface area contributed by atoms with E-state index in [-0.39, 0.29) is 12.6 Å². The third kappa shape index (κ3) is 5.89. The minimum Gasteiger partial charge on any atom is -0.390 e. The van der Waals surface area contributed by atoms with Gasteiger partial charge in [-0.1, -0.05) is 17.7 Å². The third-order valence-electron chi connectivity index (χ3n) is 3.15. The normalized spacial score (nSPS) is 17.2. The number of morpholine rings is 1. The average molecular weight is 314 g/mol. The number of amides is 2. The van der Waals surface area contributed by atoms with Crippen LogP contribution >= 0.6 is 11.6 Å². The van der Waals surface area contributed by atoms with E-state index < -0.39 is 6.10 Å². The standard InChI is InChI=1S/C14H20ClN3O3/c15-11-2-1-3-12(8-11)17-14(20)16-9-13(19)10-18-4-6-21-7-5-18/h1-3,8,13,19H,4-7,9-10H2,(H2,16,17,20)/t13-/m1/s1. The summed E-state index contributed by atoms with van der Waals surface area (Å²) in [6.07, 6.45) is -0.604. The Morgan fingerprint density at radius 3 is 2.90 bits per heavy atom. The maximum atomic E-state index is 11.7. The molecule has 1 saturated heterocycles. The largest absolute Gasteiger partial charge is 0.390 e. The molecule has 2 rings (SSSR count). The Balaban J connectivity index is 1.68. The zero-order valence-corrected chi connectivity index (χ0v) is 12.5. The smallest absolute Gasteiger partial charge is 0.319 e. The van der Waals surface area contributed by atoms with Gasteiger partial charge in [-0.15, -0.1) is 0 Å². The molecule has 21 heavy (non-hydrogen) atoms. The predicted octanol–water partition coefficient (Wildman–Crippen LogP) is 1.15. The van der Waals surface area contributed by atoms with Crippen LogP contribution in [0.15, 0.2) is 24.3 Å². The van der Waals surface area contributed by atoms with Crippen LogP contribution in [0.2, 0.25) is 5.02 Å². The number of hydrogen-bond acceptors (Lipinski definition) is 4. The van der Waals surface area contributed by atoms with Crippen molar-refractivity contribution in [1.29, 1.82) is 0 Å². The van der Waals surface area contributed by atoms with Crippen LogP contribution in [0.5, 0.6) is 0 Å². The Hall–Kier alpha value is -1.34. The van der Waals surface area contributed by atoms with E-state index in [1.54, 1.807) is 24.3 Å². The summed E-state index contributed by atoms with van der Waals surface area (Å²) in [7, 11) is 0. The highest BCUT2D eigenvalue weighted by atomic mass is 35.5. The number of carbonyl (C=O) groups excluding carboxylic acids is 1. The fraction of sp³-hybridized carbons (Fsp3) is 0.500. The van der Waals surface area contributed by atoms with Crippen molar-refractivity contribution >= 4 is 23.3 Å². The average Bonchev–Trinajstić information content (AvgIpc) is 2.46. The number of anilines is 1. The van der Waals surface area contributed by atoms with Crippen molar-refractivity contribution in [1.82, 2.24) is 10.2 Å². The van der Waals surface area contributed by atoms with Gasteiger partial charge in [0.1, 0.15) is 0 Å². The highest BCUT2D eigenvalue weighted by Gasteiger charge is 2.15. The summed E-state index contributed by atoms with van der Waals surface area (Å²) >= 11 is 5.84. The second-order valence-electron chi connectivity index (χ2n) is 4.91. The van der Waals surface area contributed by atoms with Crippen LogP contribution in [-0.2, 0) is 4.74 Å². The summed E-state index contributed by atoms with van der Waals surface area (Å²) in [6.45, 7) is 3.73. The SMILES string of the molecule is O=C(NC[C@@H](O)CN1CCOCC1)Nc1cccc(Cl)c1. The van der Waals surface area contributed by atoms with Gasteiger partial charge in [0.15, 0.2) is 0 Å². The van der Waals surface area contributed by atoms with E-state index in [0.717, 1.165) is 13.1 Å². The zero-order chi connectivity index (χ0) is 15.1. The molecule has 1 aliphatic heterocycles. The van der Waals surface area contributed by atoms with Crippen LogP contribution in [0, 0.1) is 0 Å². The van der Waals surface area contributed by atoms with Crippen LogP contribution in [0.3, 0.4) is 0 Å². The van der Waals surface area contributed by atoms with Gasteiger partial charge in [-0.05, 0) is 18.2 Å². The molecule has 1 atom stereocenters. The molecule has 0 spiro atoms. The number of β-amino-alcohol motifs (C(OH)–C–C–N with tert-alkyl or cyclic N) is 1. The number of nitrogens with one attached hydrogen (secondary N) is 2. The van der Waals surface area contributed by atoms with E-state index in [0.29, 0.717) is 30.5 Å². The molecule has 0 radical (unpaired) electrons. The Kier molecular flexibility index (Phi) is 6.25. The van der Waals surface area contributed by atoms with Gasteiger partial charge < -0.3 is 20.5 Å². The molecular formula is C14H20ClN3O3. The van der Waals surface area contributed by atoms with Crippen LogP contribution < -0.4 is 10.6 Å². The number of aliphatic hydroxyl groups is 1. The fourth-order valence-electron chi connectivity index (χ4n) is 2.10. The van der Waals surface area contributed by atoms with E-state index in [1.807, 2.05) is 0 Å². The lowest BCUT2D eigenvalue weighted by Gasteiger charge is -2.28. The van der Waals surface area contributed by atoms with Crippen molar-refractivity contribution in [2.45, 2.75) is 6.10 Å². The number of halogens is 1. The Morgan fingerprint density at radius 2 is 2.19 bits per heavy atom. The molecule has 1 heterocycles. The molecule has 116 valence electrons. The first-order valence-corrected chi connectivity index (χ1v) is 7.30. The number of carbonyl (C=O) groups is 1. The maximum absolute atomic E-state index is 11.7. The summed E-state index contributed by atoms with van der Waals surface area (Å²) in [5, 5.41) is 15.8. The summed E-state index contributed by atoms with van der Waals surface area (Å²) < 4.78 is 5.24. The minimum absolute atomic E-state index is 0.198. The first kappa shape index (κ1) is 16.0. The van der Waals surface area contributed by atoms with Crippen LogP contribution in [0.4, 0.5) is 10.5 Å². The van der Waals surface area contributed by atoms with Crippen LogP contribution in [-0.4, -0.2) is 61.5 Å². The second kappa shape index (κ2) is 8.19. The third-order valence-corrected chi connectivity index (χ3v) is 3.39. The van der Waals surface area contributed by atoms with Crippen molar-refractivity contribution in [2.24, 2.45) is 0 Å². The number of benzene rings is 1. The number of urea groups is 1. The molecule has 1 aromatic rings. The molecule has 6 nitrogen and oxygen atoms in total. The first-order chi connectivity index (χ1) is 10.1.